The number of aromatic nitrogens is 2. The predicted octanol–water partition coefficient (Wildman–Crippen LogP) is 3.54. The number of halogens is 1. The Labute approximate surface area is 126 Å². The van der Waals surface area contributed by atoms with E-state index in [4.69, 9.17) is 4.98 Å². The number of aldehydes is 1. The maximum Gasteiger partial charge on any atom is 0.148 e. The highest BCUT2D eigenvalue weighted by molar-refractivity contribution is 9.09. The number of nitrogens with zero attached hydrogens (tertiary/aromatic N) is 2. The lowest BCUT2D eigenvalue weighted by atomic mass is 10.1. The van der Waals surface area contributed by atoms with Crippen molar-refractivity contribution in [1.82, 2.24) is 9.97 Å². The molecule has 0 aliphatic heterocycles. The van der Waals surface area contributed by atoms with Crippen LogP contribution >= 0.6 is 15.9 Å². The van der Waals surface area contributed by atoms with E-state index < -0.39 is 0 Å². The van der Waals surface area contributed by atoms with Crippen LogP contribution < -0.4 is 5.32 Å². The largest absolute Gasteiger partial charge is 0.363 e. The average Bonchev–Trinajstić information content (AvgIpc) is 3.16. The van der Waals surface area contributed by atoms with Gasteiger partial charge in [-0.2, -0.15) is 0 Å². The van der Waals surface area contributed by atoms with E-state index in [1.807, 2.05) is 25.1 Å². The van der Waals surface area contributed by atoms with Crippen molar-refractivity contribution in [1.29, 1.82) is 0 Å². The van der Waals surface area contributed by atoms with E-state index in [1.165, 1.54) is 0 Å². The van der Waals surface area contributed by atoms with Crippen LogP contribution in [0.4, 0.5) is 5.82 Å². The maximum absolute atomic E-state index is 11.0. The fraction of sp³-hybridized carbons (Fsp3) is 0.400. The molecule has 1 aromatic carbocycles. The summed E-state index contributed by atoms with van der Waals surface area (Å²) in [4.78, 5) is 20.0. The van der Waals surface area contributed by atoms with Crippen molar-refractivity contribution in [2.75, 3.05) is 5.32 Å². The van der Waals surface area contributed by atoms with E-state index in [-0.39, 0.29) is 10.4 Å². The first-order valence-corrected chi connectivity index (χ1v) is 7.59. The van der Waals surface area contributed by atoms with Crippen LogP contribution in [-0.4, -0.2) is 21.8 Å². The van der Waals surface area contributed by atoms with Crippen LogP contribution in [0.5, 0.6) is 0 Å². The lowest BCUT2D eigenvalue weighted by molar-refractivity contribution is -0.107. The Morgan fingerprint density at radius 1 is 1.40 bits per heavy atom. The number of rotatable bonds is 4. The molecule has 1 unspecified atom stereocenters. The minimum atomic E-state index is -0.354. The van der Waals surface area contributed by atoms with Gasteiger partial charge in [0.15, 0.2) is 0 Å². The van der Waals surface area contributed by atoms with E-state index in [0.717, 1.165) is 47.2 Å². The average molecular weight is 334 g/mol. The molecule has 0 radical (unpaired) electrons. The highest BCUT2D eigenvalue weighted by Gasteiger charge is 2.38. The van der Waals surface area contributed by atoms with Crippen molar-refractivity contribution in [3.8, 4) is 0 Å². The van der Waals surface area contributed by atoms with Gasteiger partial charge in [-0.25, -0.2) is 9.97 Å². The minimum Gasteiger partial charge on any atom is -0.363 e. The second-order valence-electron chi connectivity index (χ2n) is 5.60. The number of fused-ring (bicyclic) bond motifs is 1. The Balaban J connectivity index is 2.13. The van der Waals surface area contributed by atoms with Gasteiger partial charge in [0, 0.05) is 11.1 Å². The molecule has 0 amide bonds. The number of hydrogen-bond acceptors (Lipinski definition) is 4. The van der Waals surface area contributed by atoms with Gasteiger partial charge in [-0.1, -0.05) is 28.1 Å². The molecule has 4 nitrogen and oxygen atoms in total. The number of anilines is 1. The first kappa shape index (κ1) is 13.5. The van der Waals surface area contributed by atoms with Gasteiger partial charge in [-0.15, -0.1) is 0 Å². The number of carbonyl (C=O) groups excluding carboxylic acids is 1. The number of aryl methyl sites for hydroxylation is 1. The first-order chi connectivity index (χ1) is 9.52. The lowest BCUT2D eigenvalue weighted by Crippen LogP contribution is -2.18. The van der Waals surface area contributed by atoms with Crippen molar-refractivity contribution < 1.29 is 4.79 Å². The Morgan fingerprint density at radius 2 is 2.15 bits per heavy atom. The summed E-state index contributed by atoms with van der Waals surface area (Å²) < 4.78 is 0. The summed E-state index contributed by atoms with van der Waals surface area (Å²) in [6.45, 7) is 4.14. The van der Waals surface area contributed by atoms with E-state index >= 15 is 0 Å². The molecular weight excluding hydrogens is 318 g/mol. The summed E-state index contributed by atoms with van der Waals surface area (Å²) >= 11 is 3.37. The zero-order chi connectivity index (χ0) is 14.3. The molecule has 5 heteroatoms. The Kier molecular flexibility index (Phi) is 3.24. The number of nitrogens with one attached hydrogen (secondary N) is 1. The molecule has 104 valence electrons. The van der Waals surface area contributed by atoms with E-state index in [0.29, 0.717) is 0 Å². The zero-order valence-electron chi connectivity index (χ0n) is 11.5. The Hall–Kier alpha value is -1.49. The first-order valence-electron chi connectivity index (χ1n) is 6.67. The van der Waals surface area contributed by atoms with E-state index in [1.54, 1.807) is 0 Å². The molecule has 1 N–H and O–H groups in total. The standard InChI is InChI=1S/C15H16BrN3O/c1-9-14(19-15(2)6-7-15)18-13-10(11(16)8-20)4-3-5-12(13)17-9/h3-5,8,11H,6-7H2,1-2H3,(H,18,19). The summed E-state index contributed by atoms with van der Waals surface area (Å²) in [6, 6.07) is 5.73. The summed E-state index contributed by atoms with van der Waals surface area (Å²) in [7, 11) is 0. The third kappa shape index (κ3) is 2.42. The highest BCUT2D eigenvalue weighted by atomic mass is 79.9. The third-order valence-corrected chi connectivity index (χ3v) is 4.45. The zero-order valence-corrected chi connectivity index (χ0v) is 13.1. The molecule has 1 heterocycles. The number of alkyl halides is 1. The fourth-order valence-electron chi connectivity index (χ4n) is 2.20. The monoisotopic (exact) mass is 333 g/mol. The van der Waals surface area contributed by atoms with Gasteiger partial charge in [0.1, 0.15) is 12.1 Å². The number of hydrogen-bond donors (Lipinski definition) is 1. The molecule has 1 aromatic heterocycles. The molecular formula is C15H16BrN3O. The Bertz CT molecular complexity index is 682. The van der Waals surface area contributed by atoms with Gasteiger partial charge in [0.2, 0.25) is 0 Å². The maximum atomic E-state index is 11.0. The smallest absolute Gasteiger partial charge is 0.148 e. The van der Waals surface area contributed by atoms with Crippen LogP contribution in [0.15, 0.2) is 18.2 Å². The van der Waals surface area contributed by atoms with Crippen molar-refractivity contribution in [2.45, 2.75) is 37.1 Å². The summed E-state index contributed by atoms with van der Waals surface area (Å²) in [5.41, 5.74) is 3.49. The fourth-order valence-corrected chi connectivity index (χ4v) is 2.57. The molecule has 1 saturated carbocycles. The van der Waals surface area contributed by atoms with Crippen molar-refractivity contribution in [2.24, 2.45) is 0 Å². The Morgan fingerprint density at radius 3 is 2.80 bits per heavy atom. The van der Waals surface area contributed by atoms with Gasteiger partial charge in [-0.3, -0.25) is 0 Å². The van der Waals surface area contributed by atoms with Crippen LogP contribution in [-0.2, 0) is 4.79 Å². The number of benzene rings is 1. The number of para-hydroxylation sites is 1. The normalized spacial score (nSPS) is 17.8. The molecule has 20 heavy (non-hydrogen) atoms. The molecule has 1 aliphatic rings. The molecule has 0 saturated heterocycles. The van der Waals surface area contributed by atoms with Crippen molar-refractivity contribution in [3.63, 3.8) is 0 Å². The second kappa shape index (κ2) is 4.81. The molecule has 1 aliphatic carbocycles. The molecule has 2 aromatic rings. The van der Waals surface area contributed by atoms with Crippen molar-refractivity contribution in [3.05, 3.63) is 29.5 Å². The highest BCUT2D eigenvalue weighted by Crippen LogP contribution is 2.38. The second-order valence-corrected chi connectivity index (χ2v) is 6.58. The van der Waals surface area contributed by atoms with Crippen LogP contribution in [0.2, 0.25) is 0 Å². The quantitative estimate of drug-likeness (QED) is 0.686. The summed E-state index contributed by atoms with van der Waals surface area (Å²) in [6.07, 6.45) is 3.18. The van der Waals surface area contributed by atoms with Gasteiger partial charge >= 0.3 is 0 Å². The van der Waals surface area contributed by atoms with Crippen LogP contribution in [0.3, 0.4) is 0 Å². The van der Waals surface area contributed by atoms with E-state index in [2.05, 4.69) is 33.2 Å². The molecule has 1 fully saturated rings. The van der Waals surface area contributed by atoms with Gasteiger partial charge < -0.3 is 10.1 Å². The summed E-state index contributed by atoms with van der Waals surface area (Å²) in [5, 5.41) is 3.46. The minimum absolute atomic E-state index is 0.153. The topological polar surface area (TPSA) is 54.9 Å². The number of carbonyl (C=O) groups is 1. The molecule has 0 spiro atoms. The molecule has 3 rings (SSSR count). The predicted molar refractivity (Wildman–Crippen MR) is 83.3 cm³/mol. The van der Waals surface area contributed by atoms with Crippen LogP contribution in [0, 0.1) is 6.92 Å². The lowest BCUT2D eigenvalue weighted by Gasteiger charge is -2.16. The third-order valence-electron chi connectivity index (χ3n) is 3.74. The molecule has 1 atom stereocenters. The van der Waals surface area contributed by atoms with Crippen LogP contribution in [0.1, 0.15) is 35.8 Å². The van der Waals surface area contributed by atoms with Gasteiger partial charge in [-0.05, 0) is 32.8 Å². The van der Waals surface area contributed by atoms with Gasteiger partial charge in [0.05, 0.1) is 21.6 Å². The SMILES string of the molecule is Cc1nc2cccc(C(Br)C=O)c2nc1NC1(C)CC1. The summed E-state index contributed by atoms with van der Waals surface area (Å²) in [5.74, 6) is 0.815. The van der Waals surface area contributed by atoms with E-state index in [9.17, 15) is 4.79 Å². The van der Waals surface area contributed by atoms with Crippen molar-refractivity contribution >= 4 is 39.1 Å². The van der Waals surface area contributed by atoms with Gasteiger partial charge in [0.25, 0.3) is 0 Å². The van der Waals surface area contributed by atoms with Crippen LogP contribution in [0.25, 0.3) is 11.0 Å². The molecule has 0 bridgehead atoms.